The van der Waals surface area contributed by atoms with Gasteiger partial charge in [0.2, 0.25) is 5.91 Å². The molecule has 2 rings (SSSR count). The van der Waals surface area contributed by atoms with Crippen molar-refractivity contribution in [3.63, 3.8) is 0 Å². The van der Waals surface area contributed by atoms with Gasteiger partial charge in [0, 0.05) is 18.0 Å². The number of nitrogens with one attached hydrogen (secondary N) is 2. The number of aromatic nitrogens is 1. The number of carboxylic acids is 1. The molecule has 0 radical (unpaired) electrons. The van der Waals surface area contributed by atoms with Gasteiger partial charge in [0.15, 0.2) is 0 Å². The smallest absolute Gasteiger partial charge is 0.325 e. The van der Waals surface area contributed by atoms with E-state index in [1.807, 2.05) is 6.92 Å². The molecule has 1 aromatic carbocycles. The van der Waals surface area contributed by atoms with Crippen LogP contribution in [-0.4, -0.2) is 39.5 Å². The lowest BCUT2D eigenvalue weighted by molar-refractivity contribution is -0.141. The van der Waals surface area contributed by atoms with Crippen LogP contribution in [-0.2, 0) is 16.6 Å². The van der Waals surface area contributed by atoms with Gasteiger partial charge in [0.25, 0.3) is 5.91 Å². The van der Waals surface area contributed by atoms with Crippen LogP contribution in [0.25, 0.3) is 10.9 Å². The van der Waals surface area contributed by atoms with Gasteiger partial charge in [-0.3, -0.25) is 14.4 Å². The quantitative estimate of drug-likeness (QED) is 0.687. The highest BCUT2D eigenvalue weighted by Gasteiger charge is 2.29. The van der Waals surface area contributed by atoms with E-state index in [2.05, 4.69) is 10.6 Å². The second kappa shape index (κ2) is 8.20. The van der Waals surface area contributed by atoms with Crippen LogP contribution in [0.4, 0.5) is 4.39 Å². The number of hydrogen-bond acceptors (Lipinski definition) is 3. The third-order valence-corrected chi connectivity index (χ3v) is 4.75. The minimum atomic E-state index is -1.16. The molecule has 8 heteroatoms. The summed E-state index contributed by atoms with van der Waals surface area (Å²) in [6.07, 6.45) is 0.611. The highest BCUT2D eigenvalue weighted by Crippen LogP contribution is 2.20. The zero-order valence-corrected chi connectivity index (χ0v) is 15.7. The van der Waals surface area contributed by atoms with Crippen molar-refractivity contribution in [2.75, 3.05) is 0 Å². The normalized spacial score (nSPS) is 14.4. The number of carbonyl (C=O) groups is 3. The Labute approximate surface area is 156 Å². The number of fused-ring (bicyclic) bond motifs is 1. The minimum Gasteiger partial charge on any atom is -0.480 e. The van der Waals surface area contributed by atoms with Crippen LogP contribution in [0, 0.1) is 11.7 Å². The number of nitrogens with zero attached hydrogens (tertiary/aromatic N) is 1. The molecule has 0 spiro atoms. The number of carboxylic acid groups (broad SMARTS) is 1. The van der Waals surface area contributed by atoms with Crippen LogP contribution in [0.15, 0.2) is 24.3 Å². The molecule has 0 saturated heterocycles. The summed E-state index contributed by atoms with van der Waals surface area (Å²) in [4.78, 5) is 36.2. The third kappa shape index (κ3) is 4.45. The van der Waals surface area contributed by atoms with E-state index >= 15 is 0 Å². The first kappa shape index (κ1) is 20.4. The first-order valence-electron chi connectivity index (χ1n) is 8.74. The fourth-order valence-electron chi connectivity index (χ4n) is 2.82. The number of carbonyl (C=O) groups excluding carboxylic acids is 2. The predicted octanol–water partition coefficient (Wildman–Crippen LogP) is 2.05. The van der Waals surface area contributed by atoms with Crippen LogP contribution in [0.2, 0.25) is 0 Å². The van der Waals surface area contributed by atoms with Crippen molar-refractivity contribution < 1.29 is 23.9 Å². The number of aliphatic carboxylic acids is 1. The molecule has 27 heavy (non-hydrogen) atoms. The highest BCUT2D eigenvalue weighted by atomic mass is 19.1. The van der Waals surface area contributed by atoms with Crippen molar-refractivity contribution in [1.82, 2.24) is 15.2 Å². The van der Waals surface area contributed by atoms with Crippen molar-refractivity contribution in [3.8, 4) is 0 Å². The molecule has 3 N–H and O–H groups in total. The van der Waals surface area contributed by atoms with Gasteiger partial charge in [-0.25, -0.2) is 4.39 Å². The van der Waals surface area contributed by atoms with Gasteiger partial charge in [-0.15, -0.1) is 0 Å². The molecule has 2 aromatic rings. The molecule has 0 saturated carbocycles. The summed E-state index contributed by atoms with van der Waals surface area (Å²) < 4.78 is 15.0. The van der Waals surface area contributed by atoms with Gasteiger partial charge in [-0.1, -0.05) is 20.3 Å². The average molecular weight is 377 g/mol. The zero-order chi connectivity index (χ0) is 20.3. The molecule has 1 heterocycles. The summed E-state index contributed by atoms with van der Waals surface area (Å²) in [7, 11) is 1.68. The van der Waals surface area contributed by atoms with Crippen molar-refractivity contribution in [3.05, 3.63) is 35.8 Å². The molecule has 0 fully saturated rings. The molecule has 2 amide bonds. The monoisotopic (exact) mass is 377 g/mol. The van der Waals surface area contributed by atoms with Crippen molar-refractivity contribution >= 4 is 28.7 Å². The summed E-state index contributed by atoms with van der Waals surface area (Å²) in [6.45, 7) is 5.03. The van der Waals surface area contributed by atoms with Crippen LogP contribution < -0.4 is 10.6 Å². The summed E-state index contributed by atoms with van der Waals surface area (Å²) in [6, 6.07) is 3.82. The maximum absolute atomic E-state index is 13.4. The van der Waals surface area contributed by atoms with Gasteiger partial charge < -0.3 is 20.3 Å². The Kier molecular flexibility index (Phi) is 6.20. The fourth-order valence-corrected chi connectivity index (χ4v) is 2.82. The van der Waals surface area contributed by atoms with E-state index in [1.165, 1.54) is 19.1 Å². The van der Waals surface area contributed by atoms with E-state index < -0.39 is 35.7 Å². The Morgan fingerprint density at radius 3 is 2.44 bits per heavy atom. The van der Waals surface area contributed by atoms with E-state index in [0.29, 0.717) is 17.3 Å². The van der Waals surface area contributed by atoms with Crippen LogP contribution in [0.3, 0.4) is 0 Å². The van der Waals surface area contributed by atoms with E-state index in [4.69, 9.17) is 5.11 Å². The summed E-state index contributed by atoms with van der Waals surface area (Å²) in [5.74, 6) is -2.81. The Hall–Kier alpha value is -2.90. The summed E-state index contributed by atoms with van der Waals surface area (Å²) in [5, 5.41) is 14.6. The van der Waals surface area contributed by atoms with Gasteiger partial charge in [0.05, 0.1) is 0 Å². The second-order valence-corrected chi connectivity index (χ2v) is 6.70. The Morgan fingerprint density at radius 2 is 1.85 bits per heavy atom. The summed E-state index contributed by atoms with van der Waals surface area (Å²) in [5.41, 5.74) is 0.966. The first-order valence-corrected chi connectivity index (χ1v) is 8.74. The van der Waals surface area contributed by atoms with Gasteiger partial charge in [0.1, 0.15) is 23.6 Å². The van der Waals surface area contributed by atoms with Crippen LogP contribution >= 0.6 is 0 Å². The highest BCUT2D eigenvalue weighted by molar-refractivity contribution is 6.01. The Balaban J connectivity index is 2.27. The van der Waals surface area contributed by atoms with E-state index in [0.717, 1.165) is 0 Å². The molecular weight excluding hydrogens is 353 g/mol. The van der Waals surface area contributed by atoms with Gasteiger partial charge in [-0.2, -0.15) is 0 Å². The molecule has 0 aliphatic rings. The average Bonchev–Trinajstić information content (AvgIpc) is 2.94. The van der Waals surface area contributed by atoms with Crippen molar-refractivity contribution in [1.29, 1.82) is 0 Å². The Bertz CT molecular complexity index is 877. The Morgan fingerprint density at radius 1 is 1.19 bits per heavy atom. The molecule has 3 unspecified atom stereocenters. The number of rotatable bonds is 7. The van der Waals surface area contributed by atoms with E-state index in [1.54, 1.807) is 30.7 Å². The topological polar surface area (TPSA) is 100 Å². The van der Waals surface area contributed by atoms with Crippen molar-refractivity contribution in [2.24, 2.45) is 13.0 Å². The maximum Gasteiger partial charge on any atom is 0.325 e. The van der Waals surface area contributed by atoms with E-state index in [-0.39, 0.29) is 11.6 Å². The third-order valence-electron chi connectivity index (χ3n) is 4.75. The standard InChI is InChI=1S/C19H24FN3O4/c1-5-10(2)16(18(25)21-11(3)19(26)27)22-17(24)15-9-12-8-13(20)6-7-14(12)23(15)4/h6-11,16H,5H2,1-4H3,(H,21,25)(H,22,24)(H,26,27). The lowest BCUT2D eigenvalue weighted by atomic mass is 9.98. The SMILES string of the molecule is CCC(C)C(NC(=O)c1cc2cc(F)ccc2n1C)C(=O)NC(C)C(=O)O. The first-order chi connectivity index (χ1) is 12.6. The van der Waals surface area contributed by atoms with Gasteiger partial charge in [-0.05, 0) is 37.1 Å². The lowest BCUT2D eigenvalue weighted by Crippen LogP contribution is -2.53. The van der Waals surface area contributed by atoms with Crippen molar-refractivity contribution in [2.45, 2.75) is 39.3 Å². The van der Waals surface area contributed by atoms with Crippen LogP contribution in [0.1, 0.15) is 37.7 Å². The van der Waals surface area contributed by atoms with Crippen LogP contribution in [0.5, 0.6) is 0 Å². The number of benzene rings is 1. The summed E-state index contributed by atoms with van der Waals surface area (Å²) >= 11 is 0. The van der Waals surface area contributed by atoms with E-state index in [9.17, 15) is 18.8 Å². The zero-order valence-electron chi connectivity index (χ0n) is 15.7. The number of amides is 2. The number of halogens is 1. The largest absolute Gasteiger partial charge is 0.480 e. The predicted molar refractivity (Wildman–Crippen MR) is 98.8 cm³/mol. The minimum absolute atomic E-state index is 0.206. The lowest BCUT2D eigenvalue weighted by Gasteiger charge is -2.24. The molecule has 7 nitrogen and oxygen atoms in total. The molecule has 0 aliphatic carbocycles. The molecule has 0 aliphatic heterocycles. The molecule has 1 aromatic heterocycles. The molecule has 0 bridgehead atoms. The molecule has 146 valence electrons. The molecule has 3 atom stereocenters. The number of aryl methyl sites for hydroxylation is 1. The maximum atomic E-state index is 13.4. The molecular formula is C19H24FN3O4. The second-order valence-electron chi connectivity index (χ2n) is 6.70. The fraction of sp³-hybridized carbons (Fsp3) is 0.421. The number of hydrogen-bond donors (Lipinski definition) is 3. The van der Waals surface area contributed by atoms with Gasteiger partial charge >= 0.3 is 5.97 Å².